The van der Waals surface area contributed by atoms with Crippen molar-refractivity contribution in [1.29, 1.82) is 0 Å². The van der Waals surface area contributed by atoms with Crippen LogP contribution in [0.25, 0.3) is 0 Å². The lowest BCUT2D eigenvalue weighted by Crippen LogP contribution is -2.00. The van der Waals surface area contributed by atoms with Crippen molar-refractivity contribution in [1.82, 2.24) is 15.0 Å². The number of hydrogen-bond acceptors (Lipinski definition) is 3. The van der Waals surface area contributed by atoms with Crippen molar-refractivity contribution in [2.45, 2.75) is 52.0 Å². The molecule has 0 fully saturated rings. The van der Waals surface area contributed by atoms with Gasteiger partial charge in [-0.2, -0.15) is 0 Å². The molecule has 15 heavy (non-hydrogen) atoms. The molecule has 0 radical (unpaired) electrons. The van der Waals surface area contributed by atoms with Crippen LogP contribution < -0.4 is 5.73 Å². The van der Waals surface area contributed by atoms with Crippen LogP contribution in [0.5, 0.6) is 0 Å². The predicted molar refractivity (Wildman–Crippen MR) is 61.5 cm³/mol. The minimum Gasteiger partial charge on any atom is -0.330 e. The van der Waals surface area contributed by atoms with Gasteiger partial charge < -0.3 is 5.73 Å². The lowest BCUT2D eigenvalue weighted by molar-refractivity contribution is 0.527. The van der Waals surface area contributed by atoms with Crippen LogP contribution in [-0.2, 0) is 13.0 Å². The molecule has 0 saturated carbocycles. The predicted octanol–water partition coefficient (Wildman–Crippen LogP) is 1.75. The second kappa shape index (κ2) is 7.40. The van der Waals surface area contributed by atoms with Crippen LogP contribution in [0.4, 0.5) is 0 Å². The molecule has 0 aliphatic rings. The maximum absolute atomic E-state index is 5.44. The molecule has 86 valence electrons. The summed E-state index contributed by atoms with van der Waals surface area (Å²) in [7, 11) is 0. The zero-order valence-corrected chi connectivity index (χ0v) is 9.65. The van der Waals surface area contributed by atoms with Crippen molar-refractivity contribution in [3.8, 4) is 0 Å². The van der Waals surface area contributed by atoms with Gasteiger partial charge >= 0.3 is 0 Å². The Morgan fingerprint density at radius 1 is 1.27 bits per heavy atom. The van der Waals surface area contributed by atoms with Crippen LogP contribution >= 0.6 is 0 Å². The zero-order chi connectivity index (χ0) is 10.9. The lowest BCUT2D eigenvalue weighted by atomic mass is 10.2. The molecule has 0 bridgehead atoms. The van der Waals surface area contributed by atoms with E-state index in [1.165, 1.54) is 25.7 Å². The summed E-state index contributed by atoms with van der Waals surface area (Å²) in [4.78, 5) is 0. The van der Waals surface area contributed by atoms with Gasteiger partial charge in [-0.15, -0.1) is 5.10 Å². The number of nitrogens with two attached hydrogens (primary N) is 1. The van der Waals surface area contributed by atoms with Crippen molar-refractivity contribution < 1.29 is 0 Å². The third kappa shape index (κ3) is 4.93. The summed E-state index contributed by atoms with van der Waals surface area (Å²) in [5.41, 5.74) is 6.51. The van der Waals surface area contributed by atoms with Crippen molar-refractivity contribution >= 4 is 0 Å². The molecule has 0 atom stereocenters. The van der Waals surface area contributed by atoms with E-state index >= 15 is 0 Å². The Morgan fingerprint density at radius 3 is 2.87 bits per heavy atom. The first-order valence-electron chi connectivity index (χ1n) is 5.96. The molecule has 0 aliphatic carbocycles. The van der Waals surface area contributed by atoms with Crippen molar-refractivity contribution in [3.05, 3.63) is 11.9 Å². The summed E-state index contributed by atoms with van der Waals surface area (Å²) in [6.45, 7) is 3.94. The SMILES string of the molecule is CCCCCCn1cc(CCCN)nn1. The van der Waals surface area contributed by atoms with Crippen molar-refractivity contribution in [3.63, 3.8) is 0 Å². The highest BCUT2D eigenvalue weighted by molar-refractivity contribution is 4.92. The van der Waals surface area contributed by atoms with Gasteiger partial charge in [-0.1, -0.05) is 31.4 Å². The van der Waals surface area contributed by atoms with E-state index in [2.05, 4.69) is 17.2 Å². The van der Waals surface area contributed by atoms with Gasteiger partial charge in [0.05, 0.1) is 5.69 Å². The van der Waals surface area contributed by atoms with E-state index in [0.29, 0.717) is 0 Å². The number of aryl methyl sites for hydroxylation is 2. The fourth-order valence-corrected chi connectivity index (χ4v) is 1.55. The quantitative estimate of drug-likeness (QED) is 0.665. The smallest absolute Gasteiger partial charge is 0.0827 e. The molecule has 4 nitrogen and oxygen atoms in total. The fraction of sp³-hybridized carbons (Fsp3) is 0.818. The monoisotopic (exact) mass is 210 g/mol. The second-order valence-electron chi connectivity index (χ2n) is 3.93. The Kier molecular flexibility index (Phi) is 6.00. The number of aromatic nitrogens is 3. The maximum Gasteiger partial charge on any atom is 0.0827 e. The van der Waals surface area contributed by atoms with Crippen LogP contribution in [0.15, 0.2) is 6.20 Å². The normalized spacial score (nSPS) is 10.8. The first-order valence-corrected chi connectivity index (χ1v) is 5.96. The molecule has 1 aromatic heterocycles. The Labute approximate surface area is 91.9 Å². The standard InChI is InChI=1S/C11H22N4/c1-2-3-4-5-9-15-10-11(13-14-15)7-6-8-12/h10H,2-9,12H2,1H3. The fourth-order valence-electron chi connectivity index (χ4n) is 1.55. The topological polar surface area (TPSA) is 56.7 Å². The molecular weight excluding hydrogens is 188 g/mol. The molecule has 0 aliphatic heterocycles. The van der Waals surface area contributed by atoms with E-state index in [0.717, 1.165) is 31.6 Å². The Morgan fingerprint density at radius 2 is 2.13 bits per heavy atom. The van der Waals surface area contributed by atoms with Crippen LogP contribution in [-0.4, -0.2) is 21.5 Å². The van der Waals surface area contributed by atoms with Gasteiger partial charge in [0.2, 0.25) is 0 Å². The average Bonchev–Trinajstić information content (AvgIpc) is 2.69. The van der Waals surface area contributed by atoms with E-state index in [4.69, 9.17) is 5.73 Å². The minimum absolute atomic E-state index is 0.726. The molecule has 2 N–H and O–H groups in total. The summed E-state index contributed by atoms with van der Waals surface area (Å²) >= 11 is 0. The molecule has 1 heterocycles. The molecule has 0 amide bonds. The first-order chi connectivity index (χ1) is 7.36. The number of unbranched alkanes of at least 4 members (excludes halogenated alkanes) is 3. The summed E-state index contributed by atoms with van der Waals surface area (Å²) < 4.78 is 1.95. The molecule has 0 spiro atoms. The number of nitrogens with zero attached hydrogens (tertiary/aromatic N) is 3. The highest BCUT2D eigenvalue weighted by atomic mass is 15.4. The molecule has 0 saturated heterocycles. The van der Waals surface area contributed by atoms with Gasteiger partial charge in [-0.25, -0.2) is 0 Å². The van der Waals surface area contributed by atoms with Gasteiger partial charge in [0.15, 0.2) is 0 Å². The molecule has 4 heteroatoms. The van der Waals surface area contributed by atoms with E-state index in [1.54, 1.807) is 0 Å². The Bertz CT molecular complexity index is 257. The first kappa shape index (κ1) is 12.2. The summed E-state index contributed by atoms with van der Waals surface area (Å²) in [5, 5.41) is 8.20. The van der Waals surface area contributed by atoms with Gasteiger partial charge in [0, 0.05) is 12.7 Å². The van der Waals surface area contributed by atoms with E-state index in [9.17, 15) is 0 Å². The molecule has 1 aromatic rings. The highest BCUT2D eigenvalue weighted by Gasteiger charge is 1.99. The van der Waals surface area contributed by atoms with Crippen molar-refractivity contribution in [2.24, 2.45) is 5.73 Å². The van der Waals surface area contributed by atoms with Crippen LogP contribution in [0.3, 0.4) is 0 Å². The molecule has 0 aromatic carbocycles. The van der Waals surface area contributed by atoms with Gasteiger partial charge in [-0.3, -0.25) is 4.68 Å². The third-order valence-electron chi connectivity index (χ3n) is 2.46. The highest BCUT2D eigenvalue weighted by Crippen LogP contribution is 2.02. The lowest BCUT2D eigenvalue weighted by Gasteiger charge is -1.98. The third-order valence-corrected chi connectivity index (χ3v) is 2.46. The molecule has 0 unspecified atom stereocenters. The average molecular weight is 210 g/mol. The number of hydrogen-bond donors (Lipinski definition) is 1. The van der Waals surface area contributed by atoms with E-state index < -0.39 is 0 Å². The molecule has 1 rings (SSSR count). The zero-order valence-electron chi connectivity index (χ0n) is 9.65. The maximum atomic E-state index is 5.44. The van der Waals surface area contributed by atoms with Crippen LogP contribution in [0.1, 0.15) is 44.7 Å². The summed E-state index contributed by atoms with van der Waals surface area (Å²) in [5.74, 6) is 0. The van der Waals surface area contributed by atoms with E-state index in [1.807, 2.05) is 10.9 Å². The Hall–Kier alpha value is -0.900. The molecular formula is C11H22N4. The summed E-state index contributed by atoms with van der Waals surface area (Å²) in [6.07, 6.45) is 9.07. The largest absolute Gasteiger partial charge is 0.330 e. The van der Waals surface area contributed by atoms with Crippen LogP contribution in [0.2, 0.25) is 0 Å². The van der Waals surface area contributed by atoms with Gasteiger partial charge in [-0.05, 0) is 25.8 Å². The second-order valence-corrected chi connectivity index (χ2v) is 3.93. The summed E-state index contributed by atoms with van der Waals surface area (Å²) in [6, 6.07) is 0. The van der Waals surface area contributed by atoms with Gasteiger partial charge in [0.25, 0.3) is 0 Å². The number of rotatable bonds is 8. The van der Waals surface area contributed by atoms with E-state index in [-0.39, 0.29) is 0 Å². The van der Waals surface area contributed by atoms with Crippen LogP contribution in [0, 0.1) is 0 Å². The van der Waals surface area contributed by atoms with Crippen molar-refractivity contribution in [2.75, 3.05) is 6.54 Å². The van der Waals surface area contributed by atoms with Gasteiger partial charge in [0.1, 0.15) is 0 Å². The Balaban J connectivity index is 2.20. The minimum atomic E-state index is 0.726.